The molecule has 114 valence electrons. The van der Waals surface area contributed by atoms with Crippen LogP contribution in [0.25, 0.3) is 0 Å². The second-order valence-corrected chi connectivity index (χ2v) is 7.09. The van der Waals surface area contributed by atoms with Crippen molar-refractivity contribution >= 4 is 26.0 Å². The van der Waals surface area contributed by atoms with Crippen LogP contribution in [0, 0.1) is 0 Å². The minimum atomic E-state index is -3.67. The van der Waals surface area contributed by atoms with Crippen molar-refractivity contribution in [3.8, 4) is 5.75 Å². The summed E-state index contributed by atoms with van der Waals surface area (Å²) in [7, 11) is 0.686. The van der Waals surface area contributed by atoms with Gasteiger partial charge < -0.3 is 14.6 Å². The summed E-state index contributed by atoms with van der Waals surface area (Å²) in [6.07, 6.45) is -0.874. The Morgan fingerprint density at radius 1 is 1.40 bits per heavy atom. The maximum Gasteiger partial charge on any atom is 0.242 e. The molecule has 0 aliphatic carbocycles. The number of benzene rings is 1. The third-order valence-electron chi connectivity index (χ3n) is 2.66. The summed E-state index contributed by atoms with van der Waals surface area (Å²) in [6, 6.07) is 4.49. The summed E-state index contributed by atoms with van der Waals surface area (Å²) in [4.78, 5) is 0.122. The number of ether oxygens (including phenoxy) is 2. The van der Waals surface area contributed by atoms with Crippen molar-refractivity contribution in [1.29, 1.82) is 0 Å². The smallest absolute Gasteiger partial charge is 0.242 e. The van der Waals surface area contributed by atoms with E-state index in [9.17, 15) is 13.5 Å². The summed E-state index contributed by atoms with van der Waals surface area (Å²) < 4.78 is 36.1. The van der Waals surface area contributed by atoms with Gasteiger partial charge in [0.1, 0.15) is 5.75 Å². The molecule has 0 heterocycles. The van der Waals surface area contributed by atoms with Gasteiger partial charge in [0.2, 0.25) is 10.0 Å². The van der Waals surface area contributed by atoms with Crippen molar-refractivity contribution in [3.63, 3.8) is 0 Å². The Balaban J connectivity index is 2.95. The molecule has 1 N–H and O–H groups in total. The number of nitrogens with zero attached hydrogens (tertiary/aromatic N) is 1. The third kappa shape index (κ3) is 4.16. The van der Waals surface area contributed by atoms with E-state index in [1.165, 1.54) is 33.4 Å². The lowest BCUT2D eigenvalue weighted by Gasteiger charge is -2.20. The van der Waals surface area contributed by atoms with Gasteiger partial charge in [-0.05, 0) is 34.1 Å². The van der Waals surface area contributed by atoms with Crippen LogP contribution >= 0.6 is 15.9 Å². The second kappa shape index (κ2) is 7.37. The summed E-state index contributed by atoms with van der Waals surface area (Å²) in [5.74, 6) is 0.547. The van der Waals surface area contributed by atoms with Crippen LogP contribution in [0.15, 0.2) is 27.6 Å². The molecular weight excluding hydrogens is 350 g/mol. The van der Waals surface area contributed by atoms with E-state index in [-0.39, 0.29) is 18.0 Å². The van der Waals surface area contributed by atoms with E-state index >= 15 is 0 Å². The predicted molar refractivity (Wildman–Crippen MR) is 78.4 cm³/mol. The molecule has 0 aliphatic rings. The molecule has 1 atom stereocenters. The molecule has 20 heavy (non-hydrogen) atoms. The Hall–Kier alpha value is -0.670. The third-order valence-corrected chi connectivity index (χ3v) is 5.10. The Kier molecular flexibility index (Phi) is 6.41. The maximum absolute atomic E-state index is 12.3. The molecule has 8 heteroatoms. The topological polar surface area (TPSA) is 76.1 Å². The zero-order valence-corrected chi connectivity index (χ0v) is 13.9. The molecule has 1 unspecified atom stereocenters. The normalized spacial score (nSPS) is 13.5. The number of aliphatic hydroxyl groups excluding tert-OH is 1. The lowest BCUT2D eigenvalue weighted by molar-refractivity contribution is 0.0554. The first-order chi connectivity index (χ1) is 9.32. The van der Waals surface area contributed by atoms with E-state index in [1.807, 2.05) is 0 Å². The number of hydrogen-bond acceptors (Lipinski definition) is 5. The number of rotatable bonds is 7. The molecule has 0 radical (unpaired) electrons. The Bertz CT molecular complexity index is 549. The first-order valence-corrected chi connectivity index (χ1v) is 8.03. The van der Waals surface area contributed by atoms with Crippen LogP contribution in [0.1, 0.15) is 0 Å². The molecule has 1 rings (SSSR count). The number of methoxy groups -OCH3 is 2. The van der Waals surface area contributed by atoms with Gasteiger partial charge in [-0.15, -0.1) is 0 Å². The fourth-order valence-electron chi connectivity index (χ4n) is 1.63. The Morgan fingerprint density at radius 3 is 2.55 bits per heavy atom. The monoisotopic (exact) mass is 367 g/mol. The fraction of sp³-hybridized carbons (Fsp3) is 0.500. The number of hydrogen-bond donors (Lipinski definition) is 1. The lowest BCUT2D eigenvalue weighted by atomic mass is 10.3. The minimum Gasteiger partial charge on any atom is -0.496 e. The summed E-state index contributed by atoms with van der Waals surface area (Å²) in [5.41, 5.74) is 0. The fourth-order valence-corrected chi connectivity index (χ4v) is 3.55. The van der Waals surface area contributed by atoms with Gasteiger partial charge in [0.15, 0.2) is 0 Å². The largest absolute Gasteiger partial charge is 0.496 e. The molecule has 0 fully saturated rings. The number of halogens is 1. The average Bonchev–Trinajstić information content (AvgIpc) is 2.38. The van der Waals surface area contributed by atoms with E-state index in [2.05, 4.69) is 15.9 Å². The van der Waals surface area contributed by atoms with Gasteiger partial charge in [-0.2, -0.15) is 4.31 Å². The molecular formula is C12H18BrNO5S. The van der Waals surface area contributed by atoms with Gasteiger partial charge in [0.05, 0.1) is 29.2 Å². The van der Waals surface area contributed by atoms with Gasteiger partial charge in [-0.25, -0.2) is 8.42 Å². The van der Waals surface area contributed by atoms with Crippen molar-refractivity contribution in [1.82, 2.24) is 4.31 Å². The number of aliphatic hydroxyl groups is 1. The molecule has 0 bridgehead atoms. The molecule has 0 aromatic heterocycles. The highest BCUT2D eigenvalue weighted by molar-refractivity contribution is 9.10. The molecule has 1 aromatic carbocycles. The molecule has 0 saturated heterocycles. The summed E-state index contributed by atoms with van der Waals surface area (Å²) in [6.45, 7) is 0.0337. The van der Waals surface area contributed by atoms with Crippen molar-refractivity contribution in [2.75, 3.05) is 34.4 Å². The second-order valence-electron chi connectivity index (χ2n) is 4.19. The van der Waals surface area contributed by atoms with Crippen LogP contribution in [0.5, 0.6) is 5.75 Å². The van der Waals surface area contributed by atoms with Gasteiger partial charge in [0, 0.05) is 20.7 Å². The highest BCUT2D eigenvalue weighted by Gasteiger charge is 2.23. The first-order valence-electron chi connectivity index (χ1n) is 5.79. The van der Waals surface area contributed by atoms with Crippen LogP contribution < -0.4 is 4.74 Å². The van der Waals surface area contributed by atoms with Crippen LogP contribution in [0.4, 0.5) is 0 Å². The minimum absolute atomic E-state index is 0.0418. The van der Waals surface area contributed by atoms with Gasteiger partial charge in [-0.1, -0.05) is 0 Å². The van der Waals surface area contributed by atoms with E-state index in [1.54, 1.807) is 6.07 Å². The first kappa shape index (κ1) is 17.4. The highest BCUT2D eigenvalue weighted by Crippen LogP contribution is 2.28. The standard InChI is InChI=1S/C12H18BrNO5S/c1-14(7-9(15)8-18-2)20(16,17)10-4-5-12(19-3)11(13)6-10/h4-6,9,15H,7-8H2,1-3H3. The van der Waals surface area contributed by atoms with E-state index in [0.717, 1.165) is 4.31 Å². The van der Waals surface area contributed by atoms with Crippen LogP contribution in [0.3, 0.4) is 0 Å². The summed E-state index contributed by atoms with van der Waals surface area (Å²) in [5, 5.41) is 9.61. The number of likely N-dealkylation sites (N-methyl/N-ethyl adjacent to an activating group) is 1. The average molecular weight is 368 g/mol. The van der Waals surface area contributed by atoms with E-state index in [4.69, 9.17) is 9.47 Å². The predicted octanol–water partition coefficient (Wildman–Crippen LogP) is 1.09. The Labute approximate surface area is 127 Å². The van der Waals surface area contributed by atoms with Gasteiger partial charge in [-0.3, -0.25) is 0 Å². The number of sulfonamides is 1. The molecule has 0 amide bonds. The van der Waals surface area contributed by atoms with Gasteiger partial charge in [0.25, 0.3) is 0 Å². The van der Waals surface area contributed by atoms with Crippen LogP contribution in [-0.2, 0) is 14.8 Å². The van der Waals surface area contributed by atoms with E-state index in [0.29, 0.717) is 10.2 Å². The zero-order chi connectivity index (χ0) is 15.3. The molecule has 0 saturated carbocycles. The highest BCUT2D eigenvalue weighted by atomic mass is 79.9. The van der Waals surface area contributed by atoms with Crippen LogP contribution in [0.2, 0.25) is 0 Å². The molecule has 0 aliphatic heterocycles. The van der Waals surface area contributed by atoms with Crippen molar-refractivity contribution in [3.05, 3.63) is 22.7 Å². The van der Waals surface area contributed by atoms with Gasteiger partial charge >= 0.3 is 0 Å². The molecule has 0 spiro atoms. The lowest BCUT2D eigenvalue weighted by Crippen LogP contribution is -2.36. The summed E-state index contributed by atoms with van der Waals surface area (Å²) >= 11 is 3.25. The molecule has 6 nitrogen and oxygen atoms in total. The Morgan fingerprint density at radius 2 is 2.05 bits per heavy atom. The zero-order valence-electron chi connectivity index (χ0n) is 11.5. The maximum atomic E-state index is 12.3. The van der Waals surface area contributed by atoms with Crippen molar-refractivity contribution < 1.29 is 23.0 Å². The molecule has 1 aromatic rings. The quantitative estimate of drug-likeness (QED) is 0.780. The van der Waals surface area contributed by atoms with Crippen molar-refractivity contribution in [2.45, 2.75) is 11.0 Å². The van der Waals surface area contributed by atoms with Crippen LogP contribution in [-0.4, -0.2) is 58.4 Å². The SMILES string of the molecule is COCC(O)CN(C)S(=O)(=O)c1ccc(OC)c(Br)c1. The van der Waals surface area contributed by atoms with E-state index < -0.39 is 16.1 Å². The van der Waals surface area contributed by atoms with Crippen molar-refractivity contribution in [2.24, 2.45) is 0 Å².